The molecule has 1 N–H and O–H groups in total. The number of carboxylic acid groups (broad SMARTS) is 1. The van der Waals surface area contributed by atoms with E-state index in [4.69, 9.17) is 0 Å². The van der Waals surface area contributed by atoms with Crippen LogP contribution in [0.3, 0.4) is 0 Å². The minimum absolute atomic E-state index is 0.0150. The molecule has 4 nitrogen and oxygen atoms in total. The third-order valence-corrected chi connectivity index (χ3v) is 4.25. The number of nitrogens with zero attached hydrogens (tertiary/aromatic N) is 1. The molecule has 0 aliphatic heterocycles. The van der Waals surface area contributed by atoms with Crippen LogP contribution in [0.15, 0.2) is 30.3 Å². The molecule has 4 heteroatoms. The van der Waals surface area contributed by atoms with Crippen molar-refractivity contribution in [2.75, 3.05) is 0 Å². The lowest BCUT2D eigenvalue weighted by molar-refractivity contribution is -0.150. The van der Waals surface area contributed by atoms with Crippen LogP contribution in [-0.2, 0) is 16.1 Å². The van der Waals surface area contributed by atoms with E-state index >= 15 is 0 Å². The molecule has 2 unspecified atom stereocenters. The van der Waals surface area contributed by atoms with Crippen LogP contribution in [0.2, 0.25) is 0 Å². The molecule has 21 heavy (non-hydrogen) atoms. The van der Waals surface area contributed by atoms with Gasteiger partial charge in [-0.05, 0) is 32.3 Å². The van der Waals surface area contributed by atoms with E-state index in [1.165, 1.54) is 0 Å². The Kier molecular flexibility index (Phi) is 4.99. The van der Waals surface area contributed by atoms with Gasteiger partial charge in [0, 0.05) is 12.6 Å². The Bertz CT molecular complexity index is 498. The standard InChI is InChI=1S/C17H23NO3/c1-12(2)18(11-13-7-4-3-5-8-13)16(19)14-9-6-10-15(14)17(20)21/h3-5,7-8,12,14-15H,6,9-11H2,1-2H3,(H,20,21). The molecular formula is C17H23NO3. The number of carbonyl (C=O) groups excluding carboxylic acids is 1. The van der Waals surface area contributed by atoms with Gasteiger partial charge in [0.1, 0.15) is 0 Å². The summed E-state index contributed by atoms with van der Waals surface area (Å²) in [5, 5.41) is 9.27. The van der Waals surface area contributed by atoms with E-state index in [1.54, 1.807) is 4.90 Å². The zero-order chi connectivity index (χ0) is 15.4. The average Bonchev–Trinajstić information content (AvgIpc) is 2.94. The molecule has 0 saturated heterocycles. The topological polar surface area (TPSA) is 57.6 Å². The van der Waals surface area contributed by atoms with Gasteiger partial charge in [-0.25, -0.2) is 0 Å². The minimum atomic E-state index is -0.839. The molecule has 1 aliphatic carbocycles. The third-order valence-electron chi connectivity index (χ3n) is 4.25. The van der Waals surface area contributed by atoms with Crippen LogP contribution in [0.5, 0.6) is 0 Å². The first kappa shape index (κ1) is 15.5. The number of carbonyl (C=O) groups is 2. The highest BCUT2D eigenvalue weighted by molar-refractivity contribution is 5.85. The largest absolute Gasteiger partial charge is 0.481 e. The van der Waals surface area contributed by atoms with Crippen molar-refractivity contribution in [2.24, 2.45) is 11.8 Å². The van der Waals surface area contributed by atoms with Gasteiger partial charge in [-0.2, -0.15) is 0 Å². The van der Waals surface area contributed by atoms with Crippen molar-refractivity contribution in [1.29, 1.82) is 0 Å². The van der Waals surface area contributed by atoms with Crippen LogP contribution in [0.4, 0.5) is 0 Å². The summed E-state index contributed by atoms with van der Waals surface area (Å²) < 4.78 is 0. The number of benzene rings is 1. The molecule has 0 bridgehead atoms. The normalized spacial score (nSPS) is 21.5. The maximum Gasteiger partial charge on any atom is 0.307 e. The van der Waals surface area contributed by atoms with Gasteiger partial charge < -0.3 is 10.0 Å². The first-order chi connectivity index (χ1) is 10.0. The number of rotatable bonds is 5. The molecule has 1 amide bonds. The van der Waals surface area contributed by atoms with Gasteiger partial charge in [0.05, 0.1) is 11.8 Å². The SMILES string of the molecule is CC(C)N(Cc1ccccc1)C(=O)C1CCCC1C(=O)O. The fourth-order valence-electron chi connectivity index (χ4n) is 3.06. The van der Waals surface area contributed by atoms with E-state index in [0.717, 1.165) is 12.0 Å². The van der Waals surface area contributed by atoms with Crippen LogP contribution < -0.4 is 0 Å². The average molecular weight is 289 g/mol. The zero-order valence-electron chi connectivity index (χ0n) is 12.7. The summed E-state index contributed by atoms with van der Waals surface area (Å²) in [6.45, 7) is 4.50. The summed E-state index contributed by atoms with van der Waals surface area (Å²) in [4.78, 5) is 25.9. The van der Waals surface area contributed by atoms with Crippen molar-refractivity contribution in [3.8, 4) is 0 Å². The Balaban J connectivity index is 2.14. The van der Waals surface area contributed by atoms with Crippen molar-refractivity contribution in [2.45, 2.75) is 45.7 Å². The van der Waals surface area contributed by atoms with Crippen molar-refractivity contribution >= 4 is 11.9 Å². The molecule has 1 aromatic rings. The summed E-state index contributed by atoms with van der Waals surface area (Å²) in [6, 6.07) is 9.90. The molecule has 114 valence electrons. The van der Waals surface area contributed by atoms with E-state index in [2.05, 4.69) is 0 Å². The van der Waals surface area contributed by atoms with E-state index in [0.29, 0.717) is 19.4 Å². The van der Waals surface area contributed by atoms with Crippen molar-refractivity contribution in [1.82, 2.24) is 4.90 Å². The van der Waals surface area contributed by atoms with Crippen molar-refractivity contribution in [3.05, 3.63) is 35.9 Å². The van der Waals surface area contributed by atoms with Crippen LogP contribution in [-0.4, -0.2) is 27.9 Å². The fraction of sp³-hybridized carbons (Fsp3) is 0.529. The second-order valence-corrected chi connectivity index (χ2v) is 6.03. The second kappa shape index (κ2) is 6.74. The number of hydrogen-bond donors (Lipinski definition) is 1. The van der Waals surface area contributed by atoms with Crippen molar-refractivity contribution in [3.63, 3.8) is 0 Å². The summed E-state index contributed by atoms with van der Waals surface area (Å²) in [6.07, 6.45) is 2.13. The first-order valence-electron chi connectivity index (χ1n) is 7.58. The fourth-order valence-corrected chi connectivity index (χ4v) is 3.06. The lowest BCUT2D eigenvalue weighted by Crippen LogP contribution is -2.42. The molecule has 0 aromatic heterocycles. The summed E-state index contributed by atoms with van der Waals surface area (Å²) in [5.74, 6) is -1.74. The number of carboxylic acids is 1. The van der Waals surface area contributed by atoms with E-state index in [9.17, 15) is 14.7 Å². The Labute approximate surface area is 125 Å². The number of amides is 1. The van der Waals surface area contributed by atoms with Crippen LogP contribution >= 0.6 is 0 Å². The highest BCUT2D eigenvalue weighted by atomic mass is 16.4. The maximum atomic E-state index is 12.8. The molecule has 2 rings (SSSR count). The summed E-state index contributed by atoms with van der Waals surface area (Å²) >= 11 is 0. The van der Waals surface area contributed by atoms with Crippen LogP contribution in [0.1, 0.15) is 38.7 Å². The highest BCUT2D eigenvalue weighted by Gasteiger charge is 2.40. The van der Waals surface area contributed by atoms with Crippen LogP contribution in [0, 0.1) is 11.8 Å². The van der Waals surface area contributed by atoms with E-state index in [1.807, 2.05) is 44.2 Å². The molecule has 1 saturated carbocycles. The number of hydrogen-bond acceptors (Lipinski definition) is 2. The van der Waals surface area contributed by atoms with Crippen LogP contribution in [0.25, 0.3) is 0 Å². The zero-order valence-corrected chi connectivity index (χ0v) is 12.7. The molecular weight excluding hydrogens is 266 g/mol. The molecule has 0 radical (unpaired) electrons. The maximum absolute atomic E-state index is 12.8. The minimum Gasteiger partial charge on any atom is -0.481 e. The highest BCUT2D eigenvalue weighted by Crippen LogP contribution is 2.34. The Morgan fingerprint density at radius 1 is 1.19 bits per heavy atom. The predicted molar refractivity (Wildman–Crippen MR) is 80.6 cm³/mol. The Hall–Kier alpha value is -1.84. The van der Waals surface area contributed by atoms with Gasteiger partial charge in [0.2, 0.25) is 5.91 Å². The monoisotopic (exact) mass is 289 g/mol. The Morgan fingerprint density at radius 2 is 1.81 bits per heavy atom. The lowest BCUT2D eigenvalue weighted by atomic mass is 9.94. The quantitative estimate of drug-likeness (QED) is 0.906. The van der Waals surface area contributed by atoms with Crippen molar-refractivity contribution < 1.29 is 14.7 Å². The summed E-state index contributed by atoms with van der Waals surface area (Å²) in [5.41, 5.74) is 1.07. The van der Waals surface area contributed by atoms with Gasteiger partial charge in [0.15, 0.2) is 0 Å². The lowest BCUT2D eigenvalue weighted by Gasteiger charge is -2.30. The van der Waals surface area contributed by atoms with Gasteiger partial charge in [-0.1, -0.05) is 36.8 Å². The van der Waals surface area contributed by atoms with Gasteiger partial charge in [0.25, 0.3) is 0 Å². The molecule has 1 fully saturated rings. The predicted octanol–water partition coefficient (Wildman–Crippen LogP) is 2.92. The first-order valence-corrected chi connectivity index (χ1v) is 7.58. The van der Waals surface area contributed by atoms with Gasteiger partial charge in [-0.15, -0.1) is 0 Å². The molecule has 0 heterocycles. The molecule has 1 aliphatic rings. The smallest absolute Gasteiger partial charge is 0.307 e. The van der Waals surface area contributed by atoms with E-state index < -0.39 is 11.9 Å². The van der Waals surface area contributed by atoms with E-state index in [-0.39, 0.29) is 17.9 Å². The molecule has 1 aromatic carbocycles. The molecule has 2 atom stereocenters. The summed E-state index contributed by atoms with van der Waals surface area (Å²) in [7, 11) is 0. The second-order valence-electron chi connectivity index (χ2n) is 6.03. The third kappa shape index (κ3) is 3.63. The Morgan fingerprint density at radius 3 is 2.38 bits per heavy atom. The molecule has 0 spiro atoms. The van der Waals surface area contributed by atoms with Gasteiger partial charge in [-0.3, -0.25) is 9.59 Å². The number of aliphatic carboxylic acids is 1. The van der Waals surface area contributed by atoms with Gasteiger partial charge >= 0.3 is 5.97 Å².